The predicted molar refractivity (Wildman–Crippen MR) is 52.0 cm³/mol. The molecule has 0 bridgehead atoms. The SMILES string of the molecule is CCCCCCCC(C)NC=O. The van der Waals surface area contributed by atoms with Gasteiger partial charge in [-0.1, -0.05) is 39.0 Å². The first kappa shape index (κ1) is 11.5. The zero-order chi connectivity index (χ0) is 9.23. The molecule has 0 saturated carbocycles. The van der Waals surface area contributed by atoms with Crippen LogP contribution in [0.3, 0.4) is 0 Å². The second-order valence-corrected chi connectivity index (χ2v) is 3.39. The molecule has 0 radical (unpaired) electrons. The fourth-order valence-electron chi connectivity index (χ4n) is 1.25. The van der Waals surface area contributed by atoms with Crippen molar-refractivity contribution in [1.82, 2.24) is 5.32 Å². The highest BCUT2D eigenvalue weighted by Gasteiger charge is 1.97. The molecular formula is C10H21NO. The van der Waals surface area contributed by atoms with E-state index in [0.29, 0.717) is 6.04 Å². The van der Waals surface area contributed by atoms with Crippen LogP contribution in [-0.2, 0) is 4.79 Å². The molecule has 1 N–H and O–H groups in total. The summed E-state index contributed by atoms with van der Waals surface area (Å²) in [7, 11) is 0. The largest absolute Gasteiger partial charge is 0.356 e. The Balaban J connectivity index is 3.02. The molecule has 1 amide bonds. The summed E-state index contributed by atoms with van der Waals surface area (Å²) < 4.78 is 0. The van der Waals surface area contributed by atoms with Crippen molar-refractivity contribution in [3.8, 4) is 0 Å². The molecule has 0 aliphatic heterocycles. The van der Waals surface area contributed by atoms with Crippen LogP contribution in [0.1, 0.15) is 52.4 Å². The number of amides is 1. The highest BCUT2D eigenvalue weighted by atomic mass is 16.1. The Morgan fingerprint density at radius 1 is 1.25 bits per heavy atom. The second-order valence-electron chi connectivity index (χ2n) is 3.39. The molecular weight excluding hydrogens is 150 g/mol. The average molecular weight is 171 g/mol. The number of hydrogen-bond donors (Lipinski definition) is 1. The minimum atomic E-state index is 0.351. The van der Waals surface area contributed by atoms with Gasteiger partial charge in [-0.2, -0.15) is 0 Å². The van der Waals surface area contributed by atoms with E-state index in [0.717, 1.165) is 12.8 Å². The first-order valence-electron chi connectivity index (χ1n) is 5.01. The molecule has 72 valence electrons. The van der Waals surface area contributed by atoms with Gasteiger partial charge < -0.3 is 5.32 Å². The maximum absolute atomic E-state index is 10.0. The van der Waals surface area contributed by atoms with E-state index in [2.05, 4.69) is 12.2 Å². The molecule has 0 rings (SSSR count). The Kier molecular flexibility index (Phi) is 8.19. The van der Waals surface area contributed by atoms with Gasteiger partial charge in [0.15, 0.2) is 0 Å². The molecule has 1 unspecified atom stereocenters. The number of nitrogens with one attached hydrogen (secondary N) is 1. The van der Waals surface area contributed by atoms with E-state index in [1.165, 1.54) is 32.1 Å². The zero-order valence-corrected chi connectivity index (χ0v) is 8.31. The van der Waals surface area contributed by atoms with Crippen LogP contribution in [0.2, 0.25) is 0 Å². The van der Waals surface area contributed by atoms with Crippen LogP contribution in [0.5, 0.6) is 0 Å². The van der Waals surface area contributed by atoms with Crippen molar-refractivity contribution < 1.29 is 4.79 Å². The molecule has 0 aliphatic carbocycles. The van der Waals surface area contributed by atoms with E-state index in [1.54, 1.807) is 0 Å². The van der Waals surface area contributed by atoms with Crippen LogP contribution in [0.15, 0.2) is 0 Å². The van der Waals surface area contributed by atoms with Crippen LogP contribution < -0.4 is 5.32 Å². The smallest absolute Gasteiger partial charge is 0.207 e. The topological polar surface area (TPSA) is 29.1 Å². The summed E-state index contributed by atoms with van der Waals surface area (Å²) in [5, 5.41) is 2.76. The molecule has 0 aromatic carbocycles. The first-order chi connectivity index (χ1) is 5.81. The van der Waals surface area contributed by atoms with Crippen LogP contribution in [0.4, 0.5) is 0 Å². The third-order valence-corrected chi connectivity index (χ3v) is 2.09. The third-order valence-electron chi connectivity index (χ3n) is 2.09. The number of carbonyl (C=O) groups excluding carboxylic acids is 1. The maximum atomic E-state index is 10.0. The van der Waals surface area contributed by atoms with E-state index in [9.17, 15) is 4.79 Å². The lowest BCUT2D eigenvalue weighted by molar-refractivity contribution is -0.110. The van der Waals surface area contributed by atoms with E-state index >= 15 is 0 Å². The minimum absolute atomic E-state index is 0.351. The molecule has 1 atom stereocenters. The van der Waals surface area contributed by atoms with E-state index < -0.39 is 0 Å². The lowest BCUT2D eigenvalue weighted by atomic mass is 10.1. The maximum Gasteiger partial charge on any atom is 0.207 e. The average Bonchev–Trinajstić information content (AvgIpc) is 2.05. The Labute approximate surface area is 75.7 Å². The monoisotopic (exact) mass is 171 g/mol. The number of unbranched alkanes of at least 4 members (excludes halogenated alkanes) is 4. The molecule has 0 spiro atoms. The molecule has 0 heterocycles. The predicted octanol–water partition coefficient (Wildman–Crippen LogP) is 2.48. The Hall–Kier alpha value is -0.530. The summed E-state index contributed by atoms with van der Waals surface area (Å²) >= 11 is 0. The van der Waals surface area contributed by atoms with Crippen molar-refractivity contribution in [2.75, 3.05) is 0 Å². The Morgan fingerprint density at radius 3 is 2.50 bits per heavy atom. The van der Waals surface area contributed by atoms with Crippen molar-refractivity contribution in [3.05, 3.63) is 0 Å². The van der Waals surface area contributed by atoms with E-state index in [-0.39, 0.29) is 0 Å². The summed E-state index contributed by atoms with van der Waals surface area (Å²) in [5.74, 6) is 0. The van der Waals surface area contributed by atoms with Crippen LogP contribution in [0.25, 0.3) is 0 Å². The van der Waals surface area contributed by atoms with Gasteiger partial charge in [-0.05, 0) is 13.3 Å². The van der Waals surface area contributed by atoms with Crippen LogP contribution in [0, 0.1) is 0 Å². The second kappa shape index (κ2) is 8.57. The number of rotatable bonds is 8. The molecule has 0 aromatic rings. The lowest BCUT2D eigenvalue weighted by Gasteiger charge is -2.08. The molecule has 2 nitrogen and oxygen atoms in total. The molecule has 0 aromatic heterocycles. The third kappa shape index (κ3) is 7.58. The first-order valence-corrected chi connectivity index (χ1v) is 5.01. The van der Waals surface area contributed by atoms with Crippen molar-refractivity contribution in [1.29, 1.82) is 0 Å². The van der Waals surface area contributed by atoms with Crippen LogP contribution >= 0.6 is 0 Å². The number of carbonyl (C=O) groups is 1. The fraction of sp³-hybridized carbons (Fsp3) is 0.900. The van der Waals surface area contributed by atoms with Crippen LogP contribution in [-0.4, -0.2) is 12.5 Å². The van der Waals surface area contributed by atoms with Crippen molar-refractivity contribution >= 4 is 6.41 Å². The quantitative estimate of drug-likeness (QED) is 0.441. The lowest BCUT2D eigenvalue weighted by Crippen LogP contribution is -2.23. The Morgan fingerprint density at radius 2 is 1.92 bits per heavy atom. The van der Waals surface area contributed by atoms with Gasteiger partial charge in [0.25, 0.3) is 0 Å². The van der Waals surface area contributed by atoms with Gasteiger partial charge >= 0.3 is 0 Å². The standard InChI is InChI=1S/C10H21NO/c1-3-4-5-6-7-8-10(2)11-9-12/h9-10H,3-8H2,1-2H3,(H,11,12). The summed E-state index contributed by atoms with van der Waals surface area (Å²) in [4.78, 5) is 10.0. The Bertz CT molecular complexity index is 104. The fourth-order valence-corrected chi connectivity index (χ4v) is 1.25. The van der Waals surface area contributed by atoms with Gasteiger partial charge in [-0.25, -0.2) is 0 Å². The summed E-state index contributed by atoms with van der Waals surface area (Å²) in [6.45, 7) is 4.27. The molecule has 2 heteroatoms. The number of hydrogen-bond acceptors (Lipinski definition) is 1. The highest BCUT2D eigenvalue weighted by molar-refractivity contribution is 5.46. The summed E-state index contributed by atoms with van der Waals surface area (Å²) in [6, 6.07) is 0.351. The zero-order valence-electron chi connectivity index (χ0n) is 8.31. The molecule has 0 fully saturated rings. The minimum Gasteiger partial charge on any atom is -0.356 e. The van der Waals surface area contributed by atoms with Gasteiger partial charge in [-0.3, -0.25) is 4.79 Å². The van der Waals surface area contributed by atoms with Gasteiger partial charge in [0.1, 0.15) is 0 Å². The normalized spacial score (nSPS) is 12.5. The van der Waals surface area contributed by atoms with Crippen molar-refractivity contribution in [2.45, 2.75) is 58.4 Å². The van der Waals surface area contributed by atoms with E-state index in [1.807, 2.05) is 6.92 Å². The summed E-state index contributed by atoms with van der Waals surface area (Å²) in [5.41, 5.74) is 0. The van der Waals surface area contributed by atoms with Crippen molar-refractivity contribution in [3.63, 3.8) is 0 Å². The molecule has 0 aliphatic rings. The van der Waals surface area contributed by atoms with Gasteiger partial charge in [0.2, 0.25) is 6.41 Å². The molecule has 0 saturated heterocycles. The highest BCUT2D eigenvalue weighted by Crippen LogP contribution is 2.06. The molecule has 12 heavy (non-hydrogen) atoms. The van der Waals surface area contributed by atoms with Gasteiger partial charge in [-0.15, -0.1) is 0 Å². The van der Waals surface area contributed by atoms with E-state index in [4.69, 9.17) is 0 Å². The van der Waals surface area contributed by atoms with Crippen molar-refractivity contribution in [2.24, 2.45) is 0 Å². The van der Waals surface area contributed by atoms with Gasteiger partial charge in [0, 0.05) is 6.04 Å². The van der Waals surface area contributed by atoms with Gasteiger partial charge in [0.05, 0.1) is 0 Å². The summed E-state index contributed by atoms with van der Waals surface area (Å²) in [6.07, 6.45) is 8.42.